The monoisotopic (exact) mass is 469 g/mol. The van der Waals surface area contributed by atoms with E-state index in [1.165, 1.54) is 12.8 Å². The molecule has 0 aliphatic carbocycles. The fraction of sp³-hybridized carbons (Fsp3) is 0.375. The van der Waals surface area contributed by atoms with E-state index in [0.29, 0.717) is 13.0 Å². The summed E-state index contributed by atoms with van der Waals surface area (Å²) in [6, 6.07) is 17.6. The van der Waals surface area contributed by atoms with Crippen molar-refractivity contribution >= 4 is 10.2 Å². The maximum Gasteiger partial charge on any atom is 0.276 e. The van der Waals surface area contributed by atoms with E-state index in [0.717, 1.165) is 53.7 Å². The van der Waals surface area contributed by atoms with Crippen molar-refractivity contribution in [1.29, 1.82) is 0 Å². The summed E-state index contributed by atoms with van der Waals surface area (Å²) < 4.78 is 35.3. The van der Waals surface area contributed by atoms with Gasteiger partial charge >= 0.3 is 0 Å². The fourth-order valence-electron chi connectivity index (χ4n) is 4.02. The molecule has 4 rings (SSSR count). The molecule has 8 nitrogen and oxygen atoms in total. The Morgan fingerprint density at radius 2 is 1.67 bits per heavy atom. The second-order valence-electron chi connectivity index (χ2n) is 8.10. The van der Waals surface area contributed by atoms with Gasteiger partial charge in [0.1, 0.15) is 11.6 Å². The van der Waals surface area contributed by atoms with Crippen molar-refractivity contribution in [3.05, 3.63) is 60.3 Å². The van der Waals surface area contributed by atoms with Gasteiger partial charge in [0.15, 0.2) is 0 Å². The highest BCUT2D eigenvalue weighted by molar-refractivity contribution is 7.87. The van der Waals surface area contributed by atoms with Gasteiger partial charge in [0, 0.05) is 42.9 Å². The zero-order chi connectivity index (χ0) is 23.1. The number of H-pyrrole nitrogens is 1. The molecule has 176 valence electrons. The van der Waals surface area contributed by atoms with E-state index in [9.17, 15) is 8.42 Å². The molecule has 0 unspecified atom stereocenters. The Kier molecular flexibility index (Phi) is 7.77. The zero-order valence-corrected chi connectivity index (χ0v) is 19.7. The first-order valence-corrected chi connectivity index (χ1v) is 12.8. The molecule has 1 aliphatic heterocycles. The largest absolute Gasteiger partial charge is 0.497 e. The molecule has 0 saturated carbocycles. The van der Waals surface area contributed by atoms with Crippen LogP contribution in [0.3, 0.4) is 0 Å². The molecule has 2 heterocycles. The molecular formula is C24H31N5O3S. The van der Waals surface area contributed by atoms with Crippen LogP contribution in [0.5, 0.6) is 5.75 Å². The van der Waals surface area contributed by atoms with Gasteiger partial charge in [-0.1, -0.05) is 30.3 Å². The highest BCUT2D eigenvalue weighted by Gasteiger charge is 2.16. The molecule has 1 saturated heterocycles. The summed E-state index contributed by atoms with van der Waals surface area (Å²) in [7, 11) is -1.92. The Bertz CT molecular complexity index is 1120. The van der Waals surface area contributed by atoms with Crippen LogP contribution in [0.25, 0.3) is 22.6 Å². The van der Waals surface area contributed by atoms with Gasteiger partial charge in [-0.15, -0.1) is 0 Å². The van der Waals surface area contributed by atoms with Gasteiger partial charge in [0.05, 0.1) is 12.8 Å². The number of aromatic amines is 1. The fourth-order valence-corrected chi connectivity index (χ4v) is 4.85. The van der Waals surface area contributed by atoms with E-state index in [4.69, 9.17) is 9.72 Å². The first-order valence-electron chi connectivity index (χ1n) is 11.3. The molecule has 0 spiro atoms. The van der Waals surface area contributed by atoms with Crippen molar-refractivity contribution in [3.8, 4) is 28.4 Å². The van der Waals surface area contributed by atoms with Crippen LogP contribution in [-0.2, 0) is 16.6 Å². The van der Waals surface area contributed by atoms with Gasteiger partial charge < -0.3 is 14.6 Å². The predicted molar refractivity (Wildman–Crippen MR) is 130 cm³/mol. The number of aromatic nitrogens is 2. The molecule has 1 fully saturated rings. The summed E-state index contributed by atoms with van der Waals surface area (Å²) in [4.78, 5) is 10.5. The molecule has 2 aromatic carbocycles. The molecule has 1 aromatic heterocycles. The zero-order valence-electron chi connectivity index (χ0n) is 18.9. The lowest BCUT2D eigenvalue weighted by Gasteiger charge is -2.15. The lowest BCUT2D eigenvalue weighted by atomic mass is 10.1. The lowest BCUT2D eigenvalue weighted by molar-refractivity contribution is 0.344. The van der Waals surface area contributed by atoms with E-state index in [1.54, 1.807) is 7.11 Å². The molecule has 3 N–H and O–H groups in total. The standard InChI is InChI=1S/C24H31N5O3S/c1-32-21-11-9-19(10-12-21)23-22(27-24(28-23)20-7-3-2-4-8-20)13-14-25-33(30,31)26-15-18-29-16-5-6-17-29/h2-4,7-12,25-26H,5-6,13-18H2,1H3,(H,27,28). The Morgan fingerprint density at radius 1 is 0.970 bits per heavy atom. The highest BCUT2D eigenvalue weighted by Crippen LogP contribution is 2.27. The van der Waals surface area contributed by atoms with E-state index in [1.807, 2.05) is 54.6 Å². The minimum atomic E-state index is -3.55. The van der Waals surface area contributed by atoms with Gasteiger partial charge in [-0.25, -0.2) is 14.4 Å². The molecule has 0 atom stereocenters. The third kappa shape index (κ3) is 6.42. The Balaban J connectivity index is 1.43. The summed E-state index contributed by atoms with van der Waals surface area (Å²) >= 11 is 0. The number of methoxy groups -OCH3 is 1. The smallest absolute Gasteiger partial charge is 0.276 e. The molecular weight excluding hydrogens is 438 g/mol. The maximum atomic E-state index is 12.4. The van der Waals surface area contributed by atoms with E-state index in [-0.39, 0.29) is 6.54 Å². The quantitative estimate of drug-likeness (QED) is 0.401. The number of hydrogen-bond acceptors (Lipinski definition) is 5. The van der Waals surface area contributed by atoms with E-state index < -0.39 is 10.2 Å². The van der Waals surface area contributed by atoms with Gasteiger partial charge in [0.25, 0.3) is 10.2 Å². The highest BCUT2D eigenvalue weighted by atomic mass is 32.2. The first-order chi connectivity index (χ1) is 16.0. The minimum Gasteiger partial charge on any atom is -0.497 e. The van der Waals surface area contributed by atoms with Crippen LogP contribution < -0.4 is 14.2 Å². The van der Waals surface area contributed by atoms with Gasteiger partial charge in [-0.3, -0.25) is 0 Å². The number of benzene rings is 2. The number of rotatable bonds is 11. The van der Waals surface area contributed by atoms with Crippen LogP contribution in [0.15, 0.2) is 54.6 Å². The molecule has 33 heavy (non-hydrogen) atoms. The number of likely N-dealkylation sites (tertiary alicyclic amines) is 1. The van der Waals surface area contributed by atoms with Crippen LogP contribution >= 0.6 is 0 Å². The summed E-state index contributed by atoms with van der Waals surface area (Å²) in [5.74, 6) is 1.52. The van der Waals surface area contributed by atoms with Crippen molar-refractivity contribution in [1.82, 2.24) is 24.3 Å². The molecule has 0 bridgehead atoms. The van der Waals surface area contributed by atoms with Crippen molar-refractivity contribution in [3.63, 3.8) is 0 Å². The van der Waals surface area contributed by atoms with Crippen molar-refractivity contribution in [2.24, 2.45) is 0 Å². The molecule has 0 radical (unpaired) electrons. The minimum absolute atomic E-state index is 0.263. The predicted octanol–water partition coefficient (Wildman–Crippen LogP) is 2.81. The third-order valence-electron chi connectivity index (χ3n) is 5.78. The lowest BCUT2D eigenvalue weighted by Crippen LogP contribution is -2.41. The van der Waals surface area contributed by atoms with Crippen LogP contribution in [0, 0.1) is 0 Å². The molecule has 0 amide bonds. The normalized spacial score (nSPS) is 14.6. The average molecular weight is 470 g/mol. The third-order valence-corrected chi connectivity index (χ3v) is 6.94. The molecule has 9 heteroatoms. The van der Waals surface area contributed by atoms with E-state index >= 15 is 0 Å². The summed E-state index contributed by atoms with van der Waals surface area (Å²) in [6.45, 7) is 3.51. The number of imidazole rings is 1. The van der Waals surface area contributed by atoms with Crippen molar-refractivity contribution in [2.45, 2.75) is 19.3 Å². The first kappa shape index (κ1) is 23.4. The van der Waals surface area contributed by atoms with Crippen LogP contribution in [0.4, 0.5) is 0 Å². The number of nitrogens with zero attached hydrogens (tertiary/aromatic N) is 2. The van der Waals surface area contributed by atoms with Crippen molar-refractivity contribution in [2.75, 3.05) is 39.8 Å². The second kappa shape index (κ2) is 10.9. The SMILES string of the molecule is COc1ccc(-c2nc(-c3ccccc3)[nH]c2CCNS(=O)(=O)NCCN2CCCC2)cc1. The molecule has 1 aliphatic rings. The van der Waals surface area contributed by atoms with Gasteiger partial charge in [-0.2, -0.15) is 8.42 Å². The maximum absolute atomic E-state index is 12.4. The van der Waals surface area contributed by atoms with Crippen LogP contribution in [0.2, 0.25) is 0 Å². The van der Waals surface area contributed by atoms with Crippen LogP contribution in [-0.4, -0.2) is 63.1 Å². The average Bonchev–Trinajstić information content (AvgIpc) is 3.50. The second-order valence-corrected chi connectivity index (χ2v) is 9.68. The topological polar surface area (TPSA) is 99.3 Å². The summed E-state index contributed by atoms with van der Waals surface area (Å²) in [6.07, 6.45) is 2.86. The van der Waals surface area contributed by atoms with Gasteiger partial charge in [-0.05, 0) is 50.2 Å². The van der Waals surface area contributed by atoms with E-state index in [2.05, 4.69) is 19.3 Å². The molecule has 3 aromatic rings. The Morgan fingerprint density at radius 3 is 2.36 bits per heavy atom. The van der Waals surface area contributed by atoms with Crippen molar-refractivity contribution < 1.29 is 13.2 Å². The summed E-state index contributed by atoms with van der Waals surface area (Å²) in [5, 5.41) is 0. The Hall–Kier alpha value is -2.72. The number of nitrogens with one attached hydrogen (secondary N) is 3. The van der Waals surface area contributed by atoms with Crippen LogP contribution in [0.1, 0.15) is 18.5 Å². The number of ether oxygens (including phenoxy) is 1. The Labute approximate surface area is 195 Å². The number of hydrogen-bond donors (Lipinski definition) is 3. The summed E-state index contributed by atoms with van der Waals surface area (Å²) in [5.41, 5.74) is 3.59. The van der Waals surface area contributed by atoms with Gasteiger partial charge in [0.2, 0.25) is 0 Å².